The van der Waals surface area contributed by atoms with E-state index in [0.717, 1.165) is 0 Å². The average molecular weight is 298 g/mol. The summed E-state index contributed by atoms with van der Waals surface area (Å²) in [6.45, 7) is 0. The zero-order valence-electron chi connectivity index (χ0n) is 9.45. The van der Waals surface area contributed by atoms with E-state index >= 15 is 0 Å². The molecule has 1 heterocycles. The van der Waals surface area contributed by atoms with Crippen molar-refractivity contribution < 1.29 is 18.3 Å². The van der Waals surface area contributed by atoms with Gasteiger partial charge in [0.15, 0.2) is 0 Å². The van der Waals surface area contributed by atoms with Gasteiger partial charge in [0.25, 0.3) is 0 Å². The van der Waals surface area contributed by atoms with Crippen LogP contribution in [0.1, 0.15) is 10.4 Å². The minimum absolute atomic E-state index is 0.0124. The summed E-state index contributed by atoms with van der Waals surface area (Å²) >= 11 is 5.70. The molecule has 0 unspecified atom stereocenters. The number of hydrogen-bond acceptors (Lipinski definition) is 4. The van der Waals surface area contributed by atoms with Gasteiger partial charge in [-0.2, -0.15) is 0 Å². The number of aromatic nitrogens is 1. The molecule has 1 aromatic carbocycles. The highest BCUT2D eigenvalue weighted by molar-refractivity contribution is 7.91. The van der Waals surface area contributed by atoms with Crippen LogP contribution in [0.15, 0.2) is 52.5 Å². The second-order valence-corrected chi connectivity index (χ2v) is 6.06. The van der Waals surface area contributed by atoms with Gasteiger partial charge >= 0.3 is 5.97 Å². The van der Waals surface area contributed by atoms with Crippen LogP contribution in [0.4, 0.5) is 0 Å². The lowest BCUT2D eigenvalue weighted by molar-refractivity contribution is 0.0697. The minimum atomic E-state index is -3.74. The molecule has 0 bridgehead atoms. The number of benzene rings is 1. The number of aromatic carboxylic acids is 1. The predicted octanol–water partition coefficient (Wildman–Crippen LogP) is 2.27. The van der Waals surface area contributed by atoms with Crippen molar-refractivity contribution in [2.45, 2.75) is 9.79 Å². The molecule has 5 nitrogen and oxygen atoms in total. The number of carboxylic acid groups (broad SMARTS) is 1. The van der Waals surface area contributed by atoms with Gasteiger partial charge < -0.3 is 5.11 Å². The number of rotatable bonds is 3. The Balaban J connectivity index is 2.48. The van der Waals surface area contributed by atoms with E-state index in [2.05, 4.69) is 4.98 Å². The van der Waals surface area contributed by atoms with Gasteiger partial charge in [-0.05, 0) is 30.3 Å². The maximum Gasteiger partial charge on any atom is 0.335 e. The van der Waals surface area contributed by atoms with E-state index in [9.17, 15) is 13.2 Å². The molecule has 1 N–H and O–H groups in total. The van der Waals surface area contributed by atoms with Crippen molar-refractivity contribution in [2.75, 3.05) is 0 Å². The van der Waals surface area contributed by atoms with E-state index in [0.29, 0.717) is 0 Å². The molecule has 0 fully saturated rings. The second-order valence-electron chi connectivity index (χ2n) is 3.67. The highest BCUT2D eigenvalue weighted by atomic mass is 35.5. The number of carboxylic acids is 1. The van der Waals surface area contributed by atoms with Crippen molar-refractivity contribution in [2.24, 2.45) is 0 Å². The van der Waals surface area contributed by atoms with E-state index in [4.69, 9.17) is 16.7 Å². The topological polar surface area (TPSA) is 84.3 Å². The standard InChI is InChI=1S/C12H8ClNO4S/c13-9-5-11(7-14-6-9)19(17,18)10-3-1-8(2-4-10)12(15)16/h1-7H,(H,15,16). The van der Waals surface area contributed by atoms with Crippen LogP contribution in [0.25, 0.3) is 0 Å². The lowest BCUT2D eigenvalue weighted by atomic mass is 10.2. The van der Waals surface area contributed by atoms with Crippen LogP contribution in [0.5, 0.6) is 0 Å². The molecule has 2 rings (SSSR count). The molecular formula is C12H8ClNO4S. The lowest BCUT2D eigenvalue weighted by Gasteiger charge is -2.04. The molecule has 0 amide bonds. The summed E-state index contributed by atoms with van der Waals surface area (Å²) in [7, 11) is -3.74. The number of pyridine rings is 1. The van der Waals surface area contributed by atoms with Gasteiger partial charge in [-0.1, -0.05) is 11.6 Å². The van der Waals surface area contributed by atoms with Crippen LogP contribution in [0.2, 0.25) is 5.02 Å². The Morgan fingerprint density at radius 1 is 1.11 bits per heavy atom. The van der Waals surface area contributed by atoms with Crippen LogP contribution < -0.4 is 0 Å². The molecule has 0 aliphatic rings. The van der Waals surface area contributed by atoms with E-state index < -0.39 is 15.8 Å². The fourth-order valence-electron chi connectivity index (χ4n) is 1.45. The number of sulfone groups is 1. The van der Waals surface area contributed by atoms with Crippen molar-refractivity contribution in [3.63, 3.8) is 0 Å². The maximum absolute atomic E-state index is 12.2. The third-order valence-corrected chi connectivity index (χ3v) is 4.34. The van der Waals surface area contributed by atoms with E-state index in [1.165, 1.54) is 42.7 Å². The molecule has 0 saturated heterocycles. The van der Waals surface area contributed by atoms with Gasteiger partial charge in [-0.15, -0.1) is 0 Å². The maximum atomic E-state index is 12.2. The van der Waals surface area contributed by atoms with Gasteiger partial charge in [0.1, 0.15) is 0 Å². The Kier molecular flexibility index (Phi) is 3.55. The summed E-state index contributed by atoms with van der Waals surface area (Å²) in [5, 5.41) is 8.97. The Bertz CT molecular complexity index is 726. The van der Waals surface area contributed by atoms with Crippen LogP contribution in [0, 0.1) is 0 Å². The van der Waals surface area contributed by atoms with Crippen molar-refractivity contribution in [3.8, 4) is 0 Å². The van der Waals surface area contributed by atoms with E-state index in [-0.39, 0.29) is 20.4 Å². The molecule has 7 heteroatoms. The van der Waals surface area contributed by atoms with Crippen LogP contribution >= 0.6 is 11.6 Å². The monoisotopic (exact) mass is 297 g/mol. The first kappa shape index (κ1) is 13.5. The summed E-state index contributed by atoms with van der Waals surface area (Å²) in [5.41, 5.74) is 0.0168. The minimum Gasteiger partial charge on any atom is -0.478 e. The third kappa shape index (κ3) is 2.74. The lowest BCUT2D eigenvalue weighted by Crippen LogP contribution is -2.03. The van der Waals surface area contributed by atoms with Crippen LogP contribution in [0.3, 0.4) is 0 Å². The van der Waals surface area contributed by atoms with Crippen molar-refractivity contribution >= 4 is 27.4 Å². The molecule has 0 saturated carbocycles. The zero-order valence-corrected chi connectivity index (χ0v) is 11.0. The summed E-state index contributed by atoms with van der Waals surface area (Å²) in [5.74, 6) is -1.12. The van der Waals surface area contributed by atoms with Crippen LogP contribution in [-0.4, -0.2) is 24.5 Å². The Labute approximate surface area is 114 Å². The molecule has 98 valence electrons. The normalized spacial score (nSPS) is 11.2. The molecular weight excluding hydrogens is 290 g/mol. The summed E-state index contributed by atoms with van der Waals surface area (Å²) in [6.07, 6.45) is 2.51. The number of carbonyl (C=O) groups is 1. The third-order valence-electron chi connectivity index (χ3n) is 2.40. The quantitative estimate of drug-likeness (QED) is 0.939. The molecule has 0 atom stereocenters. The van der Waals surface area contributed by atoms with Crippen molar-refractivity contribution in [1.82, 2.24) is 4.98 Å². The molecule has 19 heavy (non-hydrogen) atoms. The van der Waals surface area contributed by atoms with Crippen LogP contribution in [-0.2, 0) is 9.84 Å². The molecule has 2 aromatic rings. The summed E-state index contributed by atoms with van der Waals surface area (Å²) < 4.78 is 24.4. The molecule has 0 radical (unpaired) electrons. The Morgan fingerprint density at radius 2 is 1.74 bits per heavy atom. The molecule has 1 aromatic heterocycles. The predicted molar refractivity (Wildman–Crippen MR) is 68.1 cm³/mol. The first-order valence-electron chi connectivity index (χ1n) is 5.10. The highest BCUT2D eigenvalue weighted by Gasteiger charge is 2.18. The van der Waals surface area contributed by atoms with Crippen molar-refractivity contribution in [1.29, 1.82) is 0 Å². The van der Waals surface area contributed by atoms with Crippen molar-refractivity contribution in [3.05, 3.63) is 53.3 Å². The SMILES string of the molecule is O=C(O)c1ccc(S(=O)(=O)c2cncc(Cl)c2)cc1. The molecule has 0 spiro atoms. The largest absolute Gasteiger partial charge is 0.478 e. The number of halogens is 1. The first-order valence-corrected chi connectivity index (χ1v) is 6.96. The van der Waals surface area contributed by atoms with Gasteiger partial charge in [-0.25, -0.2) is 13.2 Å². The van der Waals surface area contributed by atoms with Gasteiger partial charge in [0.05, 0.1) is 20.4 Å². The number of nitrogens with zero attached hydrogens (tertiary/aromatic N) is 1. The molecule has 0 aliphatic carbocycles. The summed E-state index contributed by atoms with van der Waals surface area (Å²) in [4.78, 5) is 14.4. The first-order chi connectivity index (χ1) is 8.91. The smallest absolute Gasteiger partial charge is 0.335 e. The summed E-state index contributed by atoms with van der Waals surface area (Å²) in [6, 6.07) is 6.22. The number of hydrogen-bond donors (Lipinski definition) is 1. The van der Waals surface area contributed by atoms with Gasteiger partial charge in [0.2, 0.25) is 9.84 Å². The van der Waals surface area contributed by atoms with Gasteiger partial charge in [-0.3, -0.25) is 4.98 Å². The molecule has 0 aliphatic heterocycles. The van der Waals surface area contributed by atoms with Gasteiger partial charge in [0, 0.05) is 12.4 Å². The average Bonchev–Trinajstić information content (AvgIpc) is 2.39. The Morgan fingerprint density at radius 3 is 2.26 bits per heavy atom. The zero-order chi connectivity index (χ0) is 14.0. The second kappa shape index (κ2) is 4.99. The fourth-order valence-corrected chi connectivity index (χ4v) is 2.94. The Hall–Kier alpha value is -1.92. The fraction of sp³-hybridized carbons (Fsp3) is 0. The van der Waals surface area contributed by atoms with E-state index in [1.807, 2.05) is 0 Å². The highest BCUT2D eigenvalue weighted by Crippen LogP contribution is 2.22. The van der Waals surface area contributed by atoms with E-state index in [1.54, 1.807) is 0 Å².